The Morgan fingerprint density at radius 3 is 1.82 bits per heavy atom. The van der Waals surface area contributed by atoms with Crippen LogP contribution < -0.4 is 4.90 Å². The van der Waals surface area contributed by atoms with Crippen molar-refractivity contribution in [3.8, 4) is 0 Å². The molecule has 17 heavy (non-hydrogen) atoms. The molecule has 3 nitrogen and oxygen atoms in total. The van der Waals surface area contributed by atoms with Crippen molar-refractivity contribution < 1.29 is 26.8 Å². The molecule has 0 unspecified atom stereocenters. The number of anilines is 1. The minimum Gasteiger partial charge on any atom is -0.378 e. The fourth-order valence-electron chi connectivity index (χ4n) is 1.47. The van der Waals surface area contributed by atoms with Gasteiger partial charge in [-0.3, -0.25) is 0 Å². The summed E-state index contributed by atoms with van der Waals surface area (Å²) in [5, 5.41) is 0. The molecule has 0 aromatic heterocycles. The molecule has 0 fully saturated rings. The van der Waals surface area contributed by atoms with E-state index in [0.29, 0.717) is 13.2 Å². The van der Waals surface area contributed by atoms with E-state index in [9.17, 15) is 0 Å². The van der Waals surface area contributed by atoms with Crippen molar-refractivity contribution in [3.05, 3.63) is 29.8 Å². The first-order valence-electron chi connectivity index (χ1n) is 5.69. The fraction of sp³-hybridized carbons (Fsp3) is 0.538. The average Bonchev–Trinajstić information content (AvgIpc) is 2.29. The third-order valence-corrected chi connectivity index (χ3v) is 2.32. The SMILES string of the molecule is CCOC(OCC)c1ccc(N(C)C)cc1.[Cr+2]. The molecule has 0 aliphatic carbocycles. The van der Waals surface area contributed by atoms with Gasteiger partial charge < -0.3 is 14.4 Å². The zero-order chi connectivity index (χ0) is 12.0. The van der Waals surface area contributed by atoms with Crippen molar-refractivity contribution in [2.75, 3.05) is 32.2 Å². The van der Waals surface area contributed by atoms with Gasteiger partial charge >= 0.3 is 17.4 Å². The summed E-state index contributed by atoms with van der Waals surface area (Å²) in [7, 11) is 4.05. The molecule has 0 N–H and O–H groups in total. The van der Waals surface area contributed by atoms with Crippen LogP contribution in [0, 0.1) is 0 Å². The summed E-state index contributed by atoms with van der Waals surface area (Å²) < 4.78 is 11.1. The number of rotatable bonds is 6. The van der Waals surface area contributed by atoms with Crippen molar-refractivity contribution in [2.45, 2.75) is 20.1 Å². The maximum absolute atomic E-state index is 5.53. The molecule has 0 saturated carbocycles. The van der Waals surface area contributed by atoms with Crippen molar-refractivity contribution in [1.82, 2.24) is 0 Å². The van der Waals surface area contributed by atoms with E-state index in [1.807, 2.05) is 40.1 Å². The topological polar surface area (TPSA) is 21.7 Å². The Hall–Kier alpha value is -0.528. The molecule has 0 heterocycles. The molecule has 0 bridgehead atoms. The van der Waals surface area contributed by atoms with E-state index in [2.05, 4.69) is 17.0 Å². The molecular weight excluding hydrogens is 254 g/mol. The van der Waals surface area contributed by atoms with Crippen LogP contribution in [0.3, 0.4) is 0 Å². The number of hydrogen-bond acceptors (Lipinski definition) is 3. The first-order valence-corrected chi connectivity index (χ1v) is 5.69. The van der Waals surface area contributed by atoms with Gasteiger partial charge in [0.05, 0.1) is 0 Å². The fourth-order valence-corrected chi connectivity index (χ4v) is 1.47. The molecule has 0 spiro atoms. The van der Waals surface area contributed by atoms with Crippen LogP contribution in [-0.4, -0.2) is 27.3 Å². The van der Waals surface area contributed by atoms with Crippen LogP contribution in [0.2, 0.25) is 0 Å². The van der Waals surface area contributed by atoms with Crippen LogP contribution in [-0.2, 0) is 26.8 Å². The Labute approximate surface area is 115 Å². The van der Waals surface area contributed by atoms with E-state index in [1.54, 1.807) is 0 Å². The summed E-state index contributed by atoms with van der Waals surface area (Å²) in [5.74, 6) is 0. The van der Waals surface area contributed by atoms with Gasteiger partial charge in [0.1, 0.15) is 0 Å². The largest absolute Gasteiger partial charge is 2.00 e. The molecule has 4 heteroatoms. The number of hydrogen-bond donors (Lipinski definition) is 0. The summed E-state index contributed by atoms with van der Waals surface area (Å²) >= 11 is 0. The standard InChI is InChI=1S/C13H21NO2.Cr/c1-5-15-13(16-6-2)11-7-9-12(10-8-11)14(3)4;/h7-10,13H,5-6H2,1-4H3;/q;+2. The predicted molar refractivity (Wildman–Crippen MR) is 66.8 cm³/mol. The third-order valence-electron chi connectivity index (χ3n) is 2.32. The molecule has 0 aliphatic rings. The Bertz CT molecular complexity index is 295. The van der Waals surface area contributed by atoms with Crippen molar-refractivity contribution >= 4 is 5.69 Å². The zero-order valence-corrected chi connectivity index (χ0v) is 12.2. The molecule has 94 valence electrons. The van der Waals surface area contributed by atoms with Crippen molar-refractivity contribution in [2.24, 2.45) is 0 Å². The van der Waals surface area contributed by atoms with E-state index >= 15 is 0 Å². The van der Waals surface area contributed by atoms with Gasteiger partial charge in [0.15, 0.2) is 6.29 Å². The summed E-state index contributed by atoms with van der Waals surface area (Å²) in [6.07, 6.45) is -0.244. The second kappa shape index (κ2) is 8.55. The van der Waals surface area contributed by atoms with E-state index < -0.39 is 0 Å². The Kier molecular flexibility index (Phi) is 8.28. The first-order chi connectivity index (χ1) is 7.69. The molecule has 1 aromatic rings. The zero-order valence-electron chi connectivity index (χ0n) is 11.0. The summed E-state index contributed by atoms with van der Waals surface area (Å²) in [4.78, 5) is 2.07. The van der Waals surface area contributed by atoms with Crippen LogP contribution in [0.15, 0.2) is 24.3 Å². The minimum absolute atomic E-state index is 0. The van der Waals surface area contributed by atoms with Gasteiger partial charge in [0.2, 0.25) is 0 Å². The second-order valence-corrected chi connectivity index (χ2v) is 3.73. The molecule has 0 atom stereocenters. The maximum atomic E-state index is 5.53. The molecule has 0 saturated heterocycles. The Morgan fingerprint density at radius 1 is 1.00 bits per heavy atom. The Morgan fingerprint density at radius 2 is 1.47 bits per heavy atom. The average molecular weight is 275 g/mol. The monoisotopic (exact) mass is 275 g/mol. The molecule has 1 rings (SSSR count). The minimum atomic E-state index is -0.244. The third kappa shape index (κ3) is 5.10. The van der Waals surface area contributed by atoms with Crippen molar-refractivity contribution in [1.29, 1.82) is 0 Å². The second-order valence-electron chi connectivity index (χ2n) is 3.73. The number of benzene rings is 1. The number of nitrogens with zero attached hydrogens (tertiary/aromatic N) is 1. The van der Waals surface area contributed by atoms with E-state index in [0.717, 1.165) is 5.56 Å². The maximum Gasteiger partial charge on any atom is 2.00 e. The van der Waals surface area contributed by atoms with Gasteiger partial charge in [0.25, 0.3) is 0 Å². The molecular formula is C13H21CrNO2+2. The number of ether oxygens (including phenoxy) is 2. The van der Waals surface area contributed by atoms with Gasteiger partial charge in [-0.1, -0.05) is 12.1 Å². The first kappa shape index (κ1) is 16.5. The summed E-state index contributed by atoms with van der Waals surface area (Å²) in [6, 6.07) is 8.23. The summed E-state index contributed by atoms with van der Waals surface area (Å²) in [6.45, 7) is 5.25. The van der Waals surface area contributed by atoms with Gasteiger partial charge in [0, 0.05) is 38.6 Å². The van der Waals surface area contributed by atoms with Gasteiger partial charge in [-0.2, -0.15) is 0 Å². The molecule has 1 aromatic carbocycles. The van der Waals surface area contributed by atoms with E-state index in [4.69, 9.17) is 9.47 Å². The van der Waals surface area contributed by atoms with Crippen LogP contribution >= 0.6 is 0 Å². The van der Waals surface area contributed by atoms with Gasteiger partial charge in [-0.15, -0.1) is 0 Å². The van der Waals surface area contributed by atoms with Crippen LogP contribution in [0.1, 0.15) is 25.7 Å². The van der Waals surface area contributed by atoms with Crippen LogP contribution in [0.4, 0.5) is 5.69 Å². The molecule has 0 aliphatic heterocycles. The van der Waals surface area contributed by atoms with Gasteiger partial charge in [-0.25, -0.2) is 0 Å². The molecule has 0 amide bonds. The van der Waals surface area contributed by atoms with Crippen molar-refractivity contribution in [3.63, 3.8) is 0 Å². The van der Waals surface area contributed by atoms with E-state index in [1.165, 1.54) is 5.69 Å². The van der Waals surface area contributed by atoms with Gasteiger partial charge in [-0.05, 0) is 26.0 Å². The smallest absolute Gasteiger partial charge is 0.378 e. The van der Waals surface area contributed by atoms with Crippen LogP contribution in [0.5, 0.6) is 0 Å². The van der Waals surface area contributed by atoms with Crippen LogP contribution in [0.25, 0.3) is 0 Å². The predicted octanol–water partition coefficient (Wildman–Crippen LogP) is 2.82. The molecule has 0 radical (unpaired) electrons. The quantitative estimate of drug-likeness (QED) is 0.745. The normalized spacial score (nSPS) is 10.2. The summed E-state index contributed by atoms with van der Waals surface area (Å²) in [5.41, 5.74) is 2.24. The Balaban J connectivity index is 0.00000256. The van der Waals surface area contributed by atoms with E-state index in [-0.39, 0.29) is 23.7 Å².